The highest BCUT2D eigenvalue weighted by atomic mass is 35.5. The van der Waals surface area contributed by atoms with Gasteiger partial charge in [0.1, 0.15) is 0 Å². The van der Waals surface area contributed by atoms with Crippen molar-refractivity contribution < 1.29 is 8.42 Å². The minimum atomic E-state index is -3.13. The summed E-state index contributed by atoms with van der Waals surface area (Å²) < 4.78 is 24.4. The largest absolute Gasteiger partial charge is 0.213 e. The SMILES string of the molecule is C[C@H](Cc1ccc(Cl)cc1)NS(C)(=O)=O. The minimum Gasteiger partial charge on any atom is -0.213 e. The van der Waals surface area contributed by atoms with E-state index in [9.17, 15) is 8.42 Å². The van der Waals surface area contributed by atoms with Crippen molar-refractivity contribution in [2.45, 2.75) is 19.4 Å². The highest BCUT2D eigenvalue weighted by Crippen LogP contribution is 2.11. The van der Waals surface area contributed by atoms with Crippen molar-refractivity contribution >= 4 is 21.6 Å². The Kier molecular flexibility index (Phi) is 4.13. The third-order valence-corrected chi connectivity index (χ3v) is 2.95. The predicted molar refractivity (Wildman–Crippen MR) is 62.6 cm³/mol. The number of halogens is 1. The topological polar surface area (TPSA) is 46.2 Å². The zero-order chi connectivity index (χ0) is 11.5. The number of hydrogen-bond acceptors (Lipinski definition) is 2. The average Bonchev–Trinajstić information content (AvgIpc) is 2.05. The van der Waals surface area contributed by atoms with Gasteiger partial charge in [0, 0.05) is 11.1 Å². The normalized spacial score (nSPS) is 13.8. The van der Waals surface area contributed by atoms with Crippen LogP contribution in [0, 0.1) is 0 Å². The maximum atomic E-state index is 11.0. The van der Waals surface area contributed by atoms with Gasteiger partial charge in [0.15, 0.2) is 0 Å². The molecule has 0 amide bonds. The molecule has 0 aliphatic heterocycles. The van der Waals surface area contributed by atoms with Crippen LogP contribution in [-0.2, 0) is 16.4 Å². The van der Waals surface area contributed by atoms with Crippen LogP contribution in [0.4, 0.5) is 0 Å². The summed E-state index contributed by atoms with van der Waals surface area (Å²) in [7, 11) is -3.13. The van der Waals surface area contributed by atoms with Gasteiger partial charge in [-0.05, 0) is 31.0 Å². The molecule has 0 fully saturated rings. The first-order chi connectivity index (χ1) is 6.87. The fourth-order valence-electron chi connectivity index (χ4n) is 1.38. The molecule has 84 valence electrons. The third kappa shape index (κ3) is 5.16. The van der Waals surface area contributed by atoms with Crippen LogP contribution in [0.25, 0.3) is 0 Å². The van der Waals surface area contributed by atoms with E-state index in [0.29, 0.717) is 11.4 Å². The summed E-state index contributed by atoms with van der Waals surface area (Å²) in [5.41, 5.74) is 1.06. The second-order valence-corrected chi connectivity index (χ2v) is 5.84. The molecule has 0 aliphatic rings. The molecule has 0 aromatic heterocycles. The molecule has 0 saturated carbocycles. The molecular formula is C10H14ClNO2S. The molecule has 1 atom stereocenters. The van der Waals surface area contributed by atoms with E-state index in [1.807, 2.05) is 19.1 Å². The molecule has 1 rings (SSSR count). The number of hydrogen-bond donors (Lipinski definition) is 1. The first-order valence-corrected chi connectivity index (χ1v) is 6.85. The van der Waals surface area contributed by atoms with Gasteiger partial charge < -0.3 is 0 Å². The Bertz CT molecular complexity index is 414. The first kappa shape index (κ1) is 12.5. The number of benzene rings is 1. The van der Waals surface area contributed by atoms with Crippen LogP contribution in [0.5, 0.6) is 0 Å². The third-order valence-electron chi connectivity index (χ3n) is 1.87. The molecule has 0 spiro atoms. The smallest absolute Gasteiger partial charge is 0.208 e. The van der Waals surface area contributed by atoms with Gasteiger partial charge in [-0.2, -0.15) is 0 Å². The maximum Gasteiger partial charge on any atom is 0.208 e. The van der Waals surface area contributed by atoms with E-state index in [-0.39, 0.29) is 6.04 Å². The van der Waals surface area contributed by atoms with Crippen LogP contribution in [0.3, 0.4) is 0 Å². The molecule has 0 saturated heterocycles. The van der Waals surface area contributed by atoms with E-state index >= 15 is 0 Å². The van der Waals surface area contributed by atoms with Gasteiger partial charge >= 0.3 is 0 Å². The Morgan fingerprint density at radius 1 is 1.33 bits per heavy atom. The summed E-state index contributed by atoms with van der Waals surface area (Å²) in [5, 5.41) is 0.683. The second-order valence-electron chi connectivity index (χ2n) is 3.62. The van der Waals surface area contributed by atoms with Crippen molar-refractivity contribution in [2.24, 2.45) is 0 Å². The van der Waals surface area contributed by atoms with Gasteiger partial charge in [0.2, 0.25) is 10.0 Å². The molecule has 0 radical (unpaired) electrons. The van der Waals surface area contributed by atoms with Crippen molar-refractivity contribution in [3.63, 3.8) is 0 Å². The van der Waals surface area contributed by atoms with Crippen LogP contribution in [0.15, 0.2) is 24.3 Å². The highest BCUT2D eigenvalue weighted by molar-refractivity contribution is 7.88. The molecular weight excluding hydrogens is 234 g/mol. The van der Waals surface area contributed by atoms with Crippen LogP contribution < -0.4 is 4.72 Å². The molecule has 0 unspecified atom stereocenters. The average molecular weight is 248 g/mol. The maximum absolute atomic E-state index is 11.0. The summed E-state index contributed by atoms with van der Waals surface area (Å²) >= 11 is 5.74. The van der Waals surface area contributed by atoms with Gasteiger partial charge in [-0.25, -0.2) is 13.1 Å². The highest BCUT2D eigenvalue weighted by Gasteiger charge is 2.08. The summed E-state index contributed by atoms with van der Waals surface area (Å²) in [6.07, 6.45) is 1.82. The Morgan fingerprint density at radius 3 is 2.33 bits per heavy atom. The molecule has 0 aliphatic carbocycles. The summed E-state index contributed by atoms with van der Waals surface area (Å²) in [4.78, 5) is 0. The monoisotopic (exact) mass is 247 g/mol. The van der Waals surface area contributed by atoms with Crippen LogP contribution in [0.2, 0.25) is 5.02 Å². The van der Waals surface area contributed by atoms with E-state index in [2.05, 4.69) is 4.72 Å². The zero-order valence-corrected chi connectivity index (χ0v) is 10.3. The van der Waals surface area contributed by atoms with E-state index in [1.54, 1.807) is 12.1 Å². The zero-order valence-electron chi connectivity index (χ0n) is 8.70. The van der Waals surface area contributed by atoms with E-state index in [0.717, 1.165) is 11.8 Å². The summed E-state index contributed by atoms with van der Waals surface area (Å²) in [6, 6.07) is 7.26. The van der Waals surface area contributed by atoms with Gasteiger partial charge in [-0.1, -0.05) is 23.7 Å². The summed E-state index contributed by atoms with van der Waals surface area (Å²) in [6.45, 7) is 1.83. The summed E-state index contributed by atoms with van der Waals surface area (Å²) in [5.74, 6) is 0. The molecule has 1 aromatic rings. The molecule has 0 heterocycles. The van der Waals surface area contributed by atoms with Crippen LogP contribution in [-0.4, -0.2) is 20.7 Å². The van der Waals surface area contributed by atoms with Crippen molar-refractivity contribution in [2.75, 3.05) is 6.26 Å². The predicted octanol–water partition coefficient (Wildman–Crippen LogP) is 1.82. The van der Waals surface area contributed by atoms with Gasteiger partial charge in [-0.15, -0.1) is 0 Å². The quantitative estimate of drug-likeness (QED) is 0.882. The second kappa shape index (κ2) is 4.96. The molecule has 1 N–H and O–H groups in total. The molecule has 0 bridgehead atoms. The fourth-order valence-corrected chi connectivity index (χ4v) is 2.32. The van der Waals surface area contributed by atoms with Crippen molar-refractivity contribution in [1.29, 1.82) is 0 Å². The van der Waals surface area contributed by atoms with E-state index in [4.69, 9.17) is 11.6 Å². The number of rotatable bonds is 4. The fraction of sp³-hybridized carbons (Fsp3) is 0.400. The number of nitrogens with one attached hydrogen (secondary N) is 1. The Labute approximate surface area is 95.5 Å². The Balaban J connectivity index is 2.59. The van der Waals surface area contributed by atoms with Crippen LogP contribution >= 0.6 is 11.6 Å². The van der Waals surface area contributed by atoms with E-state index in [1.165, 1.54) is 0 Å². The van der Waals surface area contributed by atoms with Crippen molar-refractivity contribution in [3.8, 4) is 0 Å². The van der Waals surface area contributed by atoms with E-state index < -0.39 is 10.0 Å². The molecule has 1 aromatic carbocycles. The molecule has 3 nitrogen and oxygen atoms in total. The lowest BCUT2D eigenvalue weighted by atomic mass is 10.1. The molecule has 15 heavy (non-hydrogen) atoms. The van der Waals surface area contributed by atoms with Crippen LogP contribution in [0.1, 0.15) is 12.5 Å². The Hall–Kier alpha value is -0.580. The standard InChI is InChI=1S/C10H14ClNO2S/c1-8(12-15(2,13)14)7-9-3-5-10(11)6-4-9/h3-6,8,12H,7H2,1-2H3/t8-/m1/s1. The minimum absolute atomic E-state index is 0.110. The van der Waals surface area contributed by atoms with Crippen molar-refractivity contribution in [3.05, 3.63) is 34.9 Å². The van der Waals surface area contributed by atoms with Crippen molar-refractivity contribution in [1.82, 2.24) is 4.72 Å². The Morgan fingerprint density at radius 2 is 1.87 bits per heavy atom. The lowest BCUT2D eigenvalue weighted by Gasteiger charge is -2.11. The van der Waals surface area contributed by atoms with Gasteiger partial charge in [0.05, 0.1) is 6.26 Å². The number of sulfonamides is 1. The van der Waals surface area contributed by atoms with Gasteiger partial charge in [0.25, 0.3) is 0 Å². The first-order valence-electron chi connectivity index (χ1n) is 4.58. The lowest BCUT2D eigenvalue weighted by molar-refractivity contribution is 0.565. The van der Waals surface area contributed by atoms with Gasteiger partial charge in [-0.3, -0.25) is 0 Å². The lowest BCUT2D eigenvalue weighted by Crippen LogP contribution is -2.33. The molecule has 5 heteroatoms.